The molecule has 0 aliphatic rings. The van der Waals surface area contributed by atoms with Crippen molar-refractivity contribution in [1.29, 1.82) is 0 Å². The fourth-order valence-electron chi connectivity index (χ4n) is 1.27. The minimum atomic E-state index is -3.72. The number of rotatable bonds is 6. The van der Waals surface area contributed by atoms with E-state index in [2.05, 4.69) is 0 Å². The average Bonchev–Trinajstić information content (AvgIpc) is 2.10. The summed E-state index contributed by atoms with van der Waals surface area (Å²) in [6.45, 7) is 12.4. The summed E-state index contributed by atoms with van der Waals surface area (Å²) in [7, 11) is -7.44. The average molecular weight is 344 g/mol. The lowest BCUT2D eigenvalue weighted by Crippen LogP contribution is -2.35. The second kappa shape index (κ2) is 6.52. The minimum absolute atomic E-state index is 0.157. The van der Waals surface area contributed by atoms with Crippen LogP contribution in [0.3, 0.4) is 0 Å². The van der Waals surface area contributed by atoms with Crippen LogP contribution >= 0.6 is 0 Å². The van der Waals surface area contributed by atoms with E-state index in [0.717, 1.165) is 0 Å². The zero-order chi connectivity index (χ0) is 17.3. The molecule has 2 unspecified atom stereocenters. The molecule has 8 heteroatoms. The molecule has 0 saturated carbocycles. The third kappa shape index (κ3) is 6.22. The largest absolute Gasteiger partial charge is 0.272 e. The van der Waals surface area contributed by atoms with Gasteiger partial charge in [0.1, 0.15) is 0 Å². The van der Waals surface area contributed by atoms with E-state index in [9.17, 15) is 16.8 Å². The molecule has 21 heavy (non-hydrogen) atoms. The Labute approximate surface area is 129 Å². The zero-order valence-electron chi connectivity index (χ0n) is 14.1. The van der Waals surface area contributed by atoms with Gasteiger partial charge in [-0.1, -0.05) is 0 Å². The van der Waals surface area contributed by atoms with Crippen LogP contribution < -0.4 is 0 Å². The van der Waals surface area contributed by atoms with Crippen LogP contribution in [0.25, 0.3) is 0 Å². The Morgan fingerprint density at radius 2 is 0.952 bits per heavy atom. The molecule has 0 aromatic carbocycles. The highest BCUT2D eigenvalue weighted by atomic mass is 32.2. The van der Waals surface area contributed by atoms with Gasteiger partial charge < -0.3 is 0 Å². The lowest BCUT2D eigenvalue weighted by atomic mass is 10.2. The molecule has 6 nitrogen and oxygen atoms in total. The second-order valence-electron chi connectivity index (χ2n) is 7.18. The van der Waals surface area contributed by atoms with Crippen molar-refractivity contribution >= 4 is 20.2 Å². The van der Waals surface area contributed by atoms with Crippen molar-refractivity contribution in [1.82, 2.24) is 0 Å². The maximum absolute atomic E-state index is 11.9. The third-order valence-electron chi connectivity index (χ3n) is 2.75. The van der Waals surface area contributed by atoms with Crippen molar-refractivity contribution < 1.29 is 25.2 Å². The van der Waals surface area contributed by atoms with E-state index in [1.165, 1.54) is 0 Å². The highest BCUT2D eigenvalue weighted by Crippen LogP contribution is 2.23. The van der Waals surface area contributed by atoms with Crippen LogP contribution in [0.1, 0.15) is 61.8 Å². The summed E-state index contributed by atoms with van der Waals surface area (Å²) in [4.78, 5) is 0. The van der Waals surface area contributed by atoms with Crippen LogP contribution in [-0.2, 0) is 28.6 Å². The van der Waals surface area contributed by atoms with Crippen molar-refractivity contribution in [2.75, 3.05) is 0 Å². The first-order valence-electron chi connectivity index (χ1n) is 6.85. The van der Waals surface area contributed by atoms with Crippen LogP contribution in [0.15, 0.2) is 0 Å². The first-order valence-corrected chi connectivity index (χ1v) is 9.67. The van der Waals surface area contributed by atoms with Crippen LogP contribution in [0.4, 0.5) is 0 Å². The highest BCUT2D eigenvalue weighted by Gasteiger charge is 2.34. The van der Waals surface area contributed by atoms with Crippen molar-refractivity contribution in [2.45, 2.75) is 83.5 Å². The summed E-state index contributed by atoms with van der Waals surface area (Å²) in [5, 5.41) is 0. The van der Waals surface area contributed by atoms with E-state index in [1.54, 1.807) is 55.4 Å². The lowest BCUT2D eigenvalue weighted by Gasteiger charge is -2.25. The maximum atomic E-state index is 11.9. The van der Waals surface area contributed by atoms with Gasteiger partial charge in [-0.15, -0.1) is 0 Å². The molecule has 0 aliphatic heterocycles. The van der Waals surface area contributed by atoms with Crippen molar-refractivity contribution in [3.05, 3.63) is 0 Å². The van der Waals surface area contributed by atoms with E-state index in [-0.39, 0.29) is 6.42 Å². The SMILES string of the molecule is CC(CC(C)OS(=O)(=O)C(C)(C)C)OS(=O)(=O)C(C)(C)C. The molecule has 0 spiro atoms. The van der Waals surface area contributed by atoms with Crippen molar-refractivity contribution in [3.63, 3.8) is 0 Å². The van der Waals surface area contributed by atoms with Gasteiger partial charge in [0.15, 0.2) is 0 Å². The van der Waals surface area contributed by atoms with E-state index in [1.807, 2.05) is 0 Å². The van der Waals surface area contributed by atoms with Crippen LogP contribution in [-0.4, -0.2) is 38.5 Å². The van der Waals surface area contributed by atoms with Crippen LogP contribution in [0.5, 0.6) is 0 Å². The van der Waals surface area contributed by atoms with E-state index < -0.39 is 41.9 Å². The normalized spacial score (nSPS) is 17.5. The molecule has 0 amide bonds. The van der Waals surface area contributed by atoms with Gasteiger partial charge in [-0.25, -0.2) is 0 Å². The van der Waals surface area contributed by atoms with Gasteiger partial charge in [0, 0.05) is 6.42 Å². The summed E-state index contributed by atoms with van der Waals surface area (Å²) < 4.78 is 55.7. The molecule has 0 rings (SSSR count). The minimum Gasteiger partial charge on any atom is -0.267 e. The molecule has 0 fully saturated rings. The molecule has 0 aliphatic carbocycles. The topological polar surface area (TPSA) is 86.7 Å². The molecule has 0 N–H and O–H groups in total. The van der Waals surface area contributed by atoms with Gasteiger partial charge in [0.2, 0.25) is 0 Å². The van der Waals surface area contributed by atoms with Gasteiger partial charge in [0.25, 0.3) is 20.2 Å². The molecule has 0 aromatic heterocycles. The van der Waals surface area contributed by atoms with E-state index in [0.29, 0.717) is 0 Å². The molecular formula is C13H28O6S2. The maximum Gasteiger partial charge on any atom is 0.272 e. The second-order valence-corrected chi connectivity index (χ2v) is 11.8. The molecule has 2 atom stereocenters. The first-order chi connectivity index (χ1) is 8.99. The smallest absolute Gasteiger partial charge is 0.267 e. The Balaban J connectivity index is 4.73. The van der Waals surface area contributed by atoms with E-state index in [4.69, 9.17) is 8.37 Å². The van der Waals surface area contributed by atoms with Crippen LogP contribution in [0, 0.1) is 0 Å². The van der Waals surface area contributed by atoms with Crippen molar-refractivity contribution in [3.8, 4) is 0 Å². The molecular weight excluding hydrogens is 316 g/mol. The van der Waals surface area contributed by atoms with Crippen LogP contribution in [0.2, 0.25) is 0 Å². The summed E-state index contributed by atoms with van der Waals surface area (Å²) in [5.74, 6) is 0. The van der Waals surface area contributed by atoms with E-state index >= 15 is 0 Å². The molecule has 0 aromatic rings. The molecule has 0 bridgehead atoms. The summed E-state index contributed by atoms with van der Waals surface area (Å²) in [6.07, 6.45) is -1.18. The van der Waals surface area contributed by atoms with Crippen molar-refractivity contribution in [2.24, 2.45) is 0 Å². The van der Waals surface area contributed by atoms with Gasteiger partial charge in [-0.3, -0.25) is 8.37 Å². The third-order valence-corrected chi connectivity index (χ3v) is 6.91. The Bertz CT molecular complexity index is 484. The lowest BCUT2D eigenvalue weighted by molar-refractivity contribution is 0.134. The summed E-state index contributed by atoms with van der Waals surface area (Å²) in [5.41, 5.74) is 0. The molecule has 0 radical (unpaired) electrons. The first kappa shape index (κ1) is 20.8. The van der Waals surface area contributed by atoms with Gasteiger partial charge in [0.05, 0.1) is 21.7 Å². The summed E-state index contributed by atoms with van der Waals surface area (Å²) >= 11 is 0. The quantitative estimate of drug-likeness (QED) is 0.688. The summed E-state index contributed by atoms with van der Waals surface area (Å²) in [6, 6.07) is 0. The fourth-order valence-corrected chi connectivity index (χ4v) is 2.87. The molecule has 0 heterocycles. The Morgan fingerprint density at radius 3 is 1.14 bits per heavy atom. The Morgan fingerprint density at radius 1 is 0.714 bits per heavy atom. The monoisotopic (exact) mass is 344 g/mol. The molecule has 128 valence electrons. The predicted molar refractivity (Wildman–Crippen MR) is 83.1 cm³/mol. The zero-order valence-corrected chi connectivity index (χ0v) is 15.8. The van der Waals surface area contributed by atoms with Gasteiger partial charge in [-0.2, -0.15) is 16.8 Å². The molecule has 0 saturated heterocycles. The standard InChI is InChI=1S/C13H28O6S2/c1-10(18-20(14,15)12(3,4)5)9-11(2)19-21(16,17)13(6,7)8/h10-11H,9H2,1-8H3. The number of hydrogen-bond acceptors (Lipinski definition) is 6. The Hall–Kier alpha value is -0.180. The van der Waals surface area contributed by atoms with Gasteiger partial charge in [-0.05, 0) is 55.4 Å². The highest BCUT2D eigenvalue weighted by molar-refractivity contribution is 7.88. The van der Waals surface area contributed by atoms with Gasteiger partial charge >= 0.3 is 0 Å². The number of hydrogen-bond donors (Lipinski definition) is 0. The Kier molecular flexibility index (Phi) is 6.46. The predicted octanol–water partition coefficient (Wildman–Crippen LogP) is 2.44. The fraction of sp³-hybridized carbons (Fsp3) is 1.00.